The number of benzene rings is 1. The van der Waals surface area contributed by atoms with E-state index in [1.165, 1.54) is 16.7 Å². The van der Waals surface area contributed by atoms with Crippen LogP contribution in [0.15, 0.2) is 29.8 Å². The van der Waals surface area contributed by atoms with Gasteiger partial charge < -0.3 is 9.64 Å². The third kappa shape index (κ3) is 3.90. The summed E-state index contributed by atoms with van der Waals surface area (Å²) in [5.74, 6) is 0.922. The first-order chi connectivity index (χ1) is 8.08. The van der Waals surface area contributed by atoms with Crippen LogP contribution in [0.5, 0.6) is 5.75 Å². The lowest BCUT2D eigenvalue weighted by Crippen LogP contribution is -2.14. The molecule has 0 amide bonds. The standard InChI is InChI=1S/C15H23NO/c1-6-15(12(2)11-16(3)4)13-8-7-9-14(10-13)17-5/h7-10H,6,11H2,1-5H3/b15-12+. The first-order valence-electron chi connectivity index (χ1n) is 6.06. The molecule has 94 valence electrons. The second kappa shape index (κ2) is 6.45. The van der Waals surface area contributed by atoms with E-state index < -0.39 is 0 Å². The Hall–Kier alpha value is -1.28. The Bertz CT molecular complexity index is 394. The van der Waals surface area contributed by atoms with Gasteiger partial charge in [0.05, 0.1) is 7.11 Å². The molecule has 0 heterocycles. The van der Waals surface area contributed by atoms with Crippen LogP contribution in [-0.2, 0) is 0 Å². The van der Waals surface area contributed by atoms with Crippen molar-refractivity contribution in [3.8, 4) is 5.75 Å². The highest BCUT2D eigenvalue weighted by atomic mass is 16.5. The second-order valence-electron chi connectivity index (χ2n) is 4.58. The van der Waals surface area contributed by atoms with Crippen molar-refractivity contribution in [1.29, 1.82) is 0 Å². The molecule has 1 aromatic carbocycles. The lowest BCUT2D eigenvalue weighted by Gasteiger charge is -2.15. The molecular weight excluding hydrogens is 210 g/mol. The highest BCUT2D eigenvalue weighted by molar-refractivity contribution is 5.69. The van der Waals surface area contributed by atoms with Crippen LogP contribution in [0.2, 0.25) is 0 Å². The number of ether oxygens (including phenoxy) is 1. The number of nitrogens with zero attached hydrogens (tertiary/aromatic N) is 1. The third-order valence-electron chi connectivity index (χ3n) is 2.84. The number of methoxy groups -OCH3 is 1. The fraction of sp³-hybridized carbons (Fsp3) is 0.467. The van der Waals surface area contributed by atoms with E-state index in [-0.39, 0.29) is 0 Å². The van der Waals surface area contributed by atoms with Gasteiger partial charge in [-0.15, -0.1) is 0 Å². The largest absolute Gasteiger partial charge is 0.497 e. The molecule has 0 atom stereocenters. The summed E-state index contributed by atoms with van der Waals surface area (Å²) in [4.78, 5) is 2.20. The van der Waals surface area contributed by atoms with Crippen molar-refractivity contribution in [3.63, 3.8) is 0 Å². The number of allylic oxidation sites excluding steroid dienone is 1. The maximum atomic E-state index is 5.28. The molecule has 1 aromatic rings. The van der Waals surface area contributed by atoms with Crippen LogP contribution in [0.4, 0.5) is 0 Å². The van der Waals surface area contributed by atoms with Crippen molar-refractivity contribution in [2.45, 2.75) is 20.3 Å². The van der Waals surface area contributed by atoms with Crippen LogP contribution in [-0.4, -0.2) is 32.6 Å². The maximum absolute atomic E-state index is 5.28. The first-order valence-corrected chi connectivity index (χ1v) is 6.06. The Morgan fingerprint density at radius 1 is 1.29 bits per heavy atom. The molecule has 0 saturated carbocycles. The Morgan fingerprint density at radius 2 is 2.00 bits per heavy atom. The van der Waals surface area contributed by atoms with E-state index in [0.29, 0.717) is 0 Å². The minimum absolute atomic E-state index is 0.922. The number of rotatable bonds is 5. The van der Waals surface area contributed by atoms with Crippen molar-refractivity contribution in [1.82, 2.24) is 4.90 Å². The number of likely N-dealkylation sites (N-methyl/N-ethyl adjacent to an activating group) is 1. The summed E-state index contributed by atoms with van der Waals surface area (Å²) in [5.41, 5.74) is 4.11. The minimum Gasteiger partial charge on any atom is -0.497 e. The van der Waals surface area contributed by atoms with E-state index >= 15 is 0 Å². The van der Waals surface area contributed by atoms with Gasteiger partial charge in [0.25, 0.3) is 0 Å². The van der Waals surface area contributed by atoms with Crippen LogP contribution in [0, 0.1) is 0 Å². The number of hydrogen-bond acceptors (Lipinski definition) is 2. The van der Waals surface area contributed by atoms with Crippen molar-refractivity contribution >= 4 is 5.57 Å². The van der Waals surface area contributed by atoms with E-state index in [1.54, 1.807) is 7.11 Å². The molecule has 17 heavy (non-hydrogen) atoms. The van der Waals surface area contributed by atoms with Gasteiger partial charge in [-0.25, -0.2) is 0 Å². The van der Waals surface area contributed by atoms with Gasteiger partial charge in [-0.1, -0.05) is 24.6 Å². The Labute approximate surface area is 105 Å². The predicted octanol–water partition coefficient (Wildman–Crippen LogP) is 3.44. The van der Waals surface area contributed by atoms with Gasteiger partial charge in [-0.2, -0.15) is 0 Å². The quantitative estimate of drug-likeness (QED) is 0.772. The molecule has 0 fully saturated rings. The van der Waals surface area contributed by atoms with E-state index in [0.717, 1.165) is 18.7 Å². The van der Waals surface area contributed by atoms with Crippen LogP contribution < -0.4 is 4.74 Å². The normalized spacial score (nSPS) is 12.6. The fourth-order valence-corrected chi connectivity index (χ4v) is 2.13. The molecule has 2 nitrogen and oxygen atoms in total. The summed E-state index contributed by atoms with van der Waals surface area (Å²) in [6, 6.07) is 8.29. The predicted molar refractivity (Wildman–Crippen MR) is 74.4 cm³/mol. The van der Waals surface area contributed by atoms with Gasteiger partial charge in [0, 0.05) is 6.54 Å². The molecule has 2 heteroatoms. The van der Waals surface area contributed by atoms with Crippen molar-refractivity contribution in [2.75, 3.05) is 27.7 Å². The molecule has 0 unspecified atom stereocenters. The van der Waals surface area contributed by atoms with Gasteiger partial charge >= 0.3 is 0 Å². The third-order valence-corrected chi connectivity index (χ3v) is 2.84. The average Bonchev–Trinajstić information content (AvgIpc) is 2.29. The average molecular weight is 233 g/mol. The second-order valence-corrected chi connectivity index (χ2v) is 4.58. The molecular formula is C15H23NO. The zero-order valence-corrected chi connectivity index (χ0v) is 11.6. The molecule has 0 N–H and O–H groups in total. The Kier molecular flexibility index (Phi) is 5.23. The van der Waals surface area contributed by atoms with Crippen LogP contribution in [0.1, 0.15) is 25.8 Å². The van der Waals surface area contributed by atoms with E-state index in [1.807, 2.05) is 12.1 Å². The van der Waals surface area contributed by atoms with Gasteiger partial charge in [-0.3, -0.25) is 0 Å². The van der Waals surface area contributed by atoms with Crippen LogP contribution >= 0.6 is 0 Å². The molecule has 0 bridgehead atoms. The van der Waals surface area contributed by atoms with E-state index in [4.69, 9.17) is 4.74 Å². The van der Waals surface area contributed by atoms with Crippen molar-refractivity contribution in [2.24, 2.45) is 0 Å². The molecule has 1 rings (SSSR count). The lowest BCUT2D eigenvalue weighted by atomic mass is 9.98. The van der Waals surface area contributed by atoms with Crippen molar-refractivity contribution < 1.29 is 4.74 Å². The highest BCUT2D eigenvalue weighted by Crippen LogP contribution is 2.25. The van der Waals surface area contributed by atoms with Crippen LogP contribution in [0.25, 0.3) is 5.57 Å². The maximum Gasteiger partial charge on any atom is 0.119 e. The van der Waals surface area contributed by atoms with Gasteiger partial charge in [0.15, 0.2) is 0 Å². The highest BCUT2D eigenvalue weighted by Gasteiger charge is 2.06. The molecule has 0 aliphatic heterocycles. The minimum atomic E-state index is 0.922. The summed E-state index contributed by atoms with van der Waals surface area (Å²) >= 11 is 0. The van der Waals surface area contributed by atoms with Gasteiger partial charge in [0.2, 0.25) is 0 Å². The SMILES string of the molecule is CC/C(=C(/C)CN(C)C)c1cccc(OC)c1. The topological polar surface area (TPSA) is 12.5 Å². The van der Waals surface area contributed by atoms with Crippen LogP contribution in [0.3, 0.4) is 0 Å². The lowest BCUT2D eigenvalue weighted by molar-refractivity contribution is 0.414. The molecule has 0 aliphatic rings. The molecule has 0 saturated heterocycles. The van der Waals surface area contributed by atoms with Gasteiger partial charge in [0.1, 0.15) is 5.75 Å². The number of hydrogen-bond donors (Lipinski definition) is 0. The van der Waals surface area contributed by atoms with Crippen molar-refractivity contribution in [3.05, 3.63) is 35.4 Å². The summed E-state index contributed by atoms with van der Waals surface area (Å²) < 4.78 is 5.28. The molecule has 0 radical (unpaired) electrons. The zero-order chi connectivity index (χ0) is 12.8. The molecule has 0 aliphatic carbocycles. The van der Waals surface area contributed by atoms with E-state index in [2.05, 4.69) is 45.0 Å². The summed E-state index contributed by atoms with van der Waals surface area (Å²) in [6.07, 6.45) is 1.05. The molecule has 0 aromatic heterocycles. The zero-order valence-electron chi connectivity index (χ0n) is 11.6. The monoisotopic (exact) mass is 233 g/mol. The Balaban J connectivity index is 3.07. The first kappa shape index (κ1) is 13.8. The summed E-state index contributed by atoms with van der Waals surface area (Å²) in [6.45, 7) is 5.41. The van der Waals surface area contributed by atoms with Gasteiger partial charge in [-0.05, 0) is 50.7 Å². The summed E-state index contributed by atoms with van der Waals surface area (Å²) in [5, 5.41) is 0. The van der Waals surface area contributed by atoms with E-state index in [9.17, 15) is 0 Å². The smallest absolute Gasteiger partial charge is 0.119 e. The fourth-order valence-electron chi connectivity index (χ4n) is 2.13. The Morgan fingerprint density at radius 3 is 2.53 bits per heavy atom. The molecule has 0 spiro atoms. The summed E-state index contributed by atoms with van der Waals surface area (Å²) in [7, 11) is 5.91.